The smallest absolute Gasteiger partial charge is 0.328 e. The normalized spacial score (nSPS) is 23.9. The van der Waals surface area contributed by atoms with E-state index >= 15 is 0 Å². The lowest BCUT2D eigenvalue weighted by molar-refractivity contribution is -0.155. The van der Waals surface area contributed by atoms with Crippen molar-refractivity contribution >= 4 is 17.8 Å². The van der Waals surface area contributed by atoms with Gasteiger partial charge in [-0.3, -0.25) is 9.59 Å². The number of rotatable bonds is 4. The van der Waals surface area contributed by atoms with Gasteiger partial charge < -0.3 is 15.0 Å². The Bertz CT molecular complexity index is 429. The summed E-state index contributed by atoms with van der Waals surface area (Å²) in [5, 5.41) is 2.84. The van der Waals surface area contributed by atoms with E-state index in [0.29, 0.717) is 32.4 Å². The molecule has 118 valence electrons. The molecule has 2 aliphatic rings. The number of amides is 2. The zero-order valence-corrected chi connectivity index (χ0v) is 12.8. The molecular formula is C15H24N2O4. The first-order valence-corrected chi connectivity index (χ1v) is 7.76. The SMILES string of the molecule is CCOC(=O)[C@H]1CCCN1C(=O)C1(NC(C)=O)CCCC1. The first-order valence-electron chi connectivity index (χ1n) is 7.76. The Balaban J connectivity index is 2.16. The topological polar surface area (TPSA) is 75.7 Å². The molecule has 0 unspecified atom stereocenters. The van der Waals surface area contributed by atoms with E-state index in [4.69, 9.17) is 4.74 Å². The highest BCUT2D eigenvalue weighted by Gasteiger charge is 2.48. The van der Waals surface area contributed by atoms with Crippen molar-refractivity contribution < 1.29 is 19.1 Å². The summed E-state index contributed by atoms with van der Waals surface area (Å²) in [6.07, 6.45) is 4.58. The molecule has 1 aliphatic heterocycles. The summed E-state index contributed by atoms with van der Waals surface area (Å²) in [7, 11) is 0. The molecule has 0 aromatic heterocycles. The number of likely N-dealkylation sites (tertiary alicyclic amines) is 1. The fourth-order valence-corrected chi connectivity index (χ4v) is 3.48. The number of nitrogens with zero attached hydrogens (tertiary/aromatic N) is 1. The van der Waals surface area contributed by atoms with Crippen LogP contribution in [0.5, 0.6) is 0 Å². The molecule has 0 aromatic carbocycles. The number of hydrogen-bond donors (Lipinski definition) is 1. The van der Waals surface area contributed by atoms with E-state index in [-0.39, 0.29) is 17.8 Å². The van der Waals surface area contributed by atoms with Gasteiger partial charge in [-0.05, 0) is 32.6 Å². The average molecular weight is 296 g/mol. The molecule has 0 radical (unpaired) electrons. The maximum atomic E-state index is 12.9. The first-order chi connectivity index (χ1) is 10.00. The van der Waals surface area contributed by atoms with E-state index in [1.807, 2.05) is 0 Å². The molecule has 1 atom stereocenters. The quantitative estimate of drug-likeness (QED) is 0.785. The zero-order chi connectivity index (χ0) is 15.5. The third-order valence-electron chi connectivity index (χ3n) is 4.35. The van der Waals surface area contributed by atoms with Crippen LogP contribution < -0.4 is 5.32 Å². The predicted molar refractivity (Wildman–Crippen MR) is 76.4 cm³/mol. The molecular weight excluding hydrogens is 272 g/mol. The molecule has 1 aliphatic carbocycles. The molecule has 2 fully saturated rings. The summed E-state index contributed by atoms with van der Waals surface area (Å²) in [5.74, 6) is -0.651. The van der Waals surface area contributed by atoms with Crippen LogP contribution in [-0.2, 0) is 19.1 Å². The van der Waals surface area contributed by atoms with Crippen molar-refractivity contribution in [1.82, 2.24) is 10.2 Å². The van der Waals surface area contributed by atoms with Gasteiger partial charge in [0.05, 0.1) is 6.61 Å². The molecule has 0 aromatic rings. The molecule has 1 heterocycles. The molecule has 0 spiro atoms. The number of ether oxygens (including phenoxy) is 1. The van der Waals surface area contributed by atoms with Crippen molar-refractivity contribution in [3.05, 3.63) is 0 Å². The van der Waals surface area contributed by atoms with Gasteiger partial charge in [-0.25, -0.2) is 4.79 Å². The molecule has 1 saturated carbocycles. The molecule has 0 bridgehead atoms. The van der Waals surface area contributed by atoms with Crippen LogP contribution in [0.2, 0.25) is 0 Å². The molecule has 2 amide bonds. The Hall–Kier alpha value is -1.59. The summed E-state index contributed by atoms with van der Waals surface area (Å²) < 4.78 is 5.06. The number of carbonyl (C=O) groups is 3. The van der Waals surface area contributed by atoms with E-state index in [0.717, 1.165) is 19.3 Å². The van der Waals surface area contributed by atoms with Gasteiger partial charge in [-0.1, -0.05) is 12.8 Å². The minimum absolute atomic E-state index is 0.120. The van der Waals surface area contributed by atoms with Gasteiger partial charge in [0.2, 0.25) is 11.8 Å². The maximum Gasteiger partial charge on any atom is 0.328 e. The van der Waals surface area contributed by atoms with Crippen molar-refractivity contribution in [3.8, 4) is 0 Å². The van der Waals surface area contributed by atoms with Gasteiger partial charge in [0.25, 0.3) is 0 Å². The minimum atomic E-state index is -0.819. The van der Waals surface area contributed by atoms with Gasteiger partial charge in [-0.15, -0.1) is 0 Å². The second-order valence-electron chi connectivity index (χ2n) is 5.88. The second-order valence-corrected chi connectivity index (χ2v) is 5.88. The van der Waals surface area contributed by atoms with Crippen molar-refractivity contribution in [2.24, 2.45) is 0 Å². The summed E-state index contributed by atoms with van der Waals surface area (Å²) in [6.45, 7) is 4.06. The fraction of sp³-hybridized carbons (Fsp3) is 0.800. The van der Waals surface area contributed by atoms with Gasteiger partial charge in [-0.2, -0.15) is 0 Å². The van der Waals surface area contributed by atoms with Crippen LogP contribution in [0.25, 0.3) is 0 Å². The molecule has 21 heavy (non-hydrogen) atoms. The first kappa shape index (κ1) is 15.8. The lowest BCUT2D eigenvalue weighted by atomic mass is 9.94. The molecule has 1 saturated heterocycles. The summed E-state index contributed by atoms with van der Waals surface area (Å²) >= 11 is 0. The minimum Gasteiger partial charge on any atom is -0.464 e. The lowest BCUT2D eigenvalue weighted by Gasteiger charge is -2.35. The highest BCUT2D eigenvalue weighted by molar-refractivity contribution is 5.94. The van der Waals surface area contributed by atoms with Crippen LogP contribution >= 0.6 is 0 Å². The summed E-state index contributed by atoms with van der Waals surface area (Å²) in [5.41, 5.74) is -0.819. The van der Waals surface area contributed by atoms with Crippen molar-refractivity contribution in [1.29, 1.82) is 0 Å². The van der Waals surface area contributed by atoms with Crippen LogP contribution in [0, 0.1) is 0 Å². The fourth-order valence-electron chi connectivity index (χ4n) is 3.48. The molecule has 1 N–H and O–H groups in total. The van der Waals surface area contributed by atoms with E-state index in [1.54, 1.807) is 11.8 Å². The van der Waals surface area contributed by atoms with Gasteiger partial charge in [0.1, 0.15) is 11.6 Å². The third-order valence-corrected chi connectivity index (χ3v) is 4.35. The van der Waals surface area contributed by atoms with Crippen molar-refractivity contribution in [2.45, 2.75) is 64.0 Å². The van der Waals surface area contributed by atoms with E-state index in [2.05, 4.69) is 5.32 Å². The second kappa shape index (κ2) is 6.45. The number of nitrogens with one attached hydrogen (secondary N) is 1. The lowest BCUT2D eigenvalue weighted by Crippen LogP contribution is -2.59. The standard InChI is InChI=1S/C15H24N2O4/c1-3-21-13(19)12-7-6-10-17(12)14(20)15(16-11(2)18)8-4-5-9-15/h12H,3-10H2,1-2H3,(H,16,18)/t12-/m1/s1. The van der Waals surface area contributed by atoms with Crippen LogP contribution in [-0.4, -0.2) is 47.4 Å². The summed E-state index contributed by atoms with van der Waals surface area (Å²) in [6, 6.07) is -0.497. The number of carbonyl (C=O) groups excluding carboxylic acids is 3. The van der Waals surface area contributed by atoms with Gasteiger partial charge >= 0.3 is 5.97 Å². The Morgan fingerprint density at radius 1 is 1.24 bits per heavy atom. The average Bonchev–Trinajstić information content (AvgIpc) is 3.06. The Labute approximate surface area is 125 Å². The monoisotopic (exact) mass is 296 g/mol. The Kier molecular flexibility index (Phi) is 4.85. The van der Waals surface area contributed by atoms with E-state index < -0.39 is 11.6 Å². The number of hydrogen-bond acceptors (Lipinski definition) is 4. The van der Waals surface area contributed by atoms with Gasteiger partial charge in [0, 0.05) is 13.5 Å². The van der Waals surface area contributed by atoms with E-state index in [9.17, 15) is 14.4 Å². The zero-order valence-electron chi connectivity index (χ0n) is 12.8. The van der Waals surface area contributed by atoms with Crippen LogP contribution in [0.3, 0.4) is 0 Å². The van der Waals surface area contributed by atoms with E-state index in [1.165, 1.54) is 6.92 Å². The van der Waals surface area contributed by atoms with Crippen molar-refractivity contribution in [2.75, 3.05) is 13.2 Å². The van der Waals surface area contributed by atoms with Crippen LogP contribution in [0.15, 0.2) is 0 Å². The highest BCUT2D eigenvalue weighted by Crippen LogP contribution is 2.34. The molecule has 6 heteroatoms. The van der Waals surface area contributed by atoms with Crippen molar-refractivity contribution in [3.63, 3.8) is 0 Å². The largest absolute Gasteiger partial charge is 0.464 e. The third kappa shape index (κ3) is 3.19. The maximum absolute atomic E-state index is 12.9. The van der Waals surface area contributed by atoms with Gasteiger partial charge in [0.15, 0.2) is 0 Å². The number of esters is 1. The summed E-state index contributed by atoms with van der Waals surface area (Å²) in [4.78, 5) is 38.0. The Morgan fingerprint density at radius 3 is 2.48 bits per heavy atom. The van der Waals surface area contributed by atoms with Crippen LogP contribution in [0.1, 0.15) is 52.4 Å². The predicted octanol–water partition coefficient (Wildman–Crippen LogP) is 0.989. The highest BCUT2D eigenvalue weighted by atomic mass is 16.5. The Morgan fingerprint density at radius 2 is 1.90 bits per heavy atom. The molecule has 2 rings (SSSR count). The molecule has 6 nitrogen and oxygen atoms in total. The van der Waals surface area contributed by atoms with Crippen LogP contribution in [0.4, 0.5) is 0 Å².